The van der Waals surface area contributed by atoms with Crippen LogP contribution >= 0.6 is 0 Å². The number of aliphatic imine (C=N–C) groups is 1. The lowest BCUT2D eigenvalue weighted by Gasteiger charge is -2.21. The van der Waals surface area contributed by atoms with E-state index in [1.165, 1.54) is 6.42 Å². The molecular weight excluding hydrogens is 358 g/mol. The molecule has 0 bridgehead atoms. The van der Waals surface area contributed by atoms with E-state index in [4.69, 9.17) is 0 Å². The highest BCUT2D eigenvalue weighted by atomic mass is 15.3. The molecule has 0 saturated heterocycles. The molecule has 1 aromatic heterocycles. The first kappa shape index (κ1) is 18.0. The zero-order chi connectivity index (χ0) is 19.8. The summed E-state index contributed by atoms with van der Waals surface area (Å²) in [5, 5.41) is 3.58. The van der Waals surface area contributed by atoms with Crippen molar-refractivity contribution in [2.45, 2.75) is 18.9 Å². The van der Waals surface area contributed by atoms with Crippen molar-refractivity contribution in [3.05, 3.63) is 77.7 Å². The monoisotopic (exact) mass is 385 g/mol. The summed E-state index contributed by atoms with van der Waals surface area (Å²) in [5.74, 6) is 4.12. The summed E-state index contributed by atoms with van der Waals surface area (Å²) in [6.45, 7) is 1.67. The summed E-state index contributed by atoms with van der Waals surface area (Å²) in [5.41, 5.74) is 5.31. The Bertz CT molecular complexity index is 1020. The van der Waals surface area contributed by atoms with Gasteiger partial charge in [-0.05, 0) is 40.9 Å². The van der Waals surface area contributed by atoms with Crippen LogP contribution in [0.2, 0.25) is 0 Å². The van der Waals surface area contributed by atoms with E-state index >= 15 is 0 Å². The molecule has 5 heteroatoms. The van der Waals surface area contributed by atoms with E-state index in [9.17, 15) is 0 Å². The number of aromatic amines is 1. The van der Waals surface area contributed by atoms with E-state index in [1.807, 2.05) is 31.4 Å². The van der Waals surface area contributed by atoms with Gasteiger partial charge in [-0.15, -0.1) is 0 Å². The fraction of sp³-hybridized carbons (Fsp3) is 0.333. The van der Waals surface area contributed by atoms with Gasteiger partial charge in [0.05, 0.1) is 18.4 Å². The van der Waals surface area contributed by atoms with Gasteiger partial charge in [-0.1, -0.05) is 54.6 Å². The number of hydrogen-bond acceptors (Lipinski definition) is 2. The SMILES string of the molecule is CN=C(NCC1C2Cc3ccccc3C12)N(C)Cc1ncc(-c2ccccc2)[nH]1. The van der Waals surface area contributed by atoms with Crippen molar-refractivity contribution in [2.75, 3.05) is 20.6 Å². The minimum atomic E-state index is 0.687. The smallest absolute Gasteiger partial charge is 0.193 e. The van der Waals surface area contributed by atoms with Crippen LogP contribution in [0.25, 0.3) is 11.3 Å². The molecular formula is C24H27N5. The standard InChI is InChI=1S/C24H27N5/c1-25-24(27-13-20-19-12-17-10-6-7-11-18(17)23(19)20)29(2)15-22-26-14-21(28-22)16-8-4-3-5-9-16/h3-11,14,19-20,23H,12-13,15H2,1-2H3,(H,25,27)(H,26,28). The first-order chi connectivity index (χ1) is 14.2. The molecule has 5 nitrogen and oxygen atoms in total. The third-order valence-electron chi connectivity index (χ3n) is 6.37. The quantitative estimate of drug-likeness (QED) is 0.520. The lowest BCUT2D eigenvalue weighted by Crippen LogP contribution is -2.40. The number of H-pyrrole nitrogens is 1. The summed E-state index contributed by atoms with van der Waals surface area (Å²) in [6.07, 6.45) is 3.13. The number of nitrogens with one attached hydrogen (secondary N) is 2. The van der Waals surface area contributed by atoms with Gasteiger partial charge in [0, 0.05) is 20.6 Å². The minimum Gasteiger partial charge on any atom is -0.356 e. The number of benzene rings is 2. The van der Waals surface area contributed by atoms with Crippen LogP contribution in [-0.4, -0.2) is 41.5 Å². The van der Waals surface area contributed by atoms with Gasteiger partial charge in [0.2, 0.25) is 0 Å². The summed E-state index contributed by atoms with van der Waals surface area (Å²) in [4.78, 5) is 14.6. The number of nitrogens with zero attached hydrogens (tertiary/aromatic N) is 3. The van der Waals surface area contributed by atoms with Gasteiger partial charge in [-0.3, -0.25) is 4.99 Å². The van der Waals surface area contributed by atoms with Crippen LogP contribution in [0.5, 0.6) is 0 Å². The molecule has 3 atom stereocenters. The molecule has 0 radical (unpaired) electrons. The second-order valence-electron chi connectivity index (χ2n) is 8.15. The Labute approximate surface area is 171 Å². The molecule has 148 valence electrons. The van der Waals surface area contributed by atoms with Crippen molar-refractivity contribution < 1.29 is 0 Å². The Morgan fingerprint density at radius 1 is 1.17 bits per heavy atom. The summed E-state index contributed by atoms with van der Waals surface area (Å²) < 4.78 is 0. The van der Waals surface area contributed by atoms with Gasteiger partial charge >= 0.3 is 0 Å². The van der Waals surface area contributed by atoms with Crippen LogP contribution in [0.3, 0.4) is 0 Å². The highest BCUT2D eigenvalue weighted by molar-refractivity contribution is 5.79. The van der Waals surface area contributed by atoms with E-state index in [0.29, 0.717) is 6.54 Å². The fourth-order valence-corrected chi connectivity index (χ4v) is 4.86. The van der Waals surface area contributed by atoms with Crippen molar-refractivity contribution in [2.24, 2.45) is 16.8 Å². The van der Waals surface area contributed by atoms with Crippen LogP contribution in [-0.2, 0) is 13.0 Å². The first-order valence-electron chi connectivity index (χ1n) is 10.3. The zero-order valence-corrected chi connectivity index (χ0v) is 17.0. The molecule has 5 rings (SSSR count). The molecule has 2 aromatic carbocycles. The van der Waals surface area contributed by atoms with Crippen molar-refractivity contribution in [1.82, 2.24) is 20.2 Å². The van der Waals surface area contributed by atoms with Gasteiger partial charge in [0.15, 0.2) is 5.96 Å². The van der Waals surface area contributed by atoms with E-state index in [1.54, 1.807) is 11.1 Å². The Morgan fingerprint density at radius 3 is 2.79 bits per heavy atom. The van der Waals surface area contributed by atoms with Gasteiger partial charge in [-0.25, -0.2) is 4.98 Å². The van der Waals surface area contributed by atoms with Crippen LogP contribution < -0.4 is 5.32 Å². The Kier molecular flexibility index (Phi) is 4.58. The average molecular weight is 386 g/mol. The fourth-order valence-electron chi connectivity index (χ4n) is 4.86. The number of hydrogen-bond donors (Lipinski definition) is 2. The lowest BCUT2D eigenvalue weighted by atomic mass is 10.0. The number of rotatable bonds is 5. The molecule has 0 spiro atoms. The highest BCUT2D eigenvalue weighted by Crippen LogP contribution is 2.60. The number of guanidine groups is 1. The lowest BCUT2D eigenvalue weighted by molar-refractivity contribution is 0.460. The Morgan fingerprint density at radius 2 is 1.97 bits per heavy atom. The molecule has 2 aliphatic rings. The summed E-state index contributed by atoms with van der Waals surface area (Å²) >= 11 is 0. The normalized spacial score (nSPS) is 22.1. The molecule has 1 heterocycles. The van der Waals surface area contributed by atoms with Crippen LogP contribution in [0, 0.1) is 11.8 Å². The molecule has 2 aliphatic carbocycles. The highest BCUT2D eigenvalue weighted by Gasteiger charge is 2.54. The van der Waals surface area contributed by atoms with Gasteiger partial charge in [0.25, 0.3) is 0 Å². The second kappa shape index (κ2) is 7.39. The third-order valence-corrected chi connectivity index (χ3v) is 6.37. The zero-order valence-electron chi connectivity index (χ0n) is 17.0. The largest absolute Gasteiger partial charge is 0.356 e. The second-order valence-corrected chi connectivity index (χ2v) is 8.15. The molecule has 3 aromatic rings. The Balaban J connectivity index is 1.17. The average Bonchev–Trinajstić information content (AvgIpc) is 3.07. The third kappa shape index (κ3) is 3.41. The van der Waals surface area contributed by atoms with Crippen LogP contribution in [0.15, 0.2) is 65.8 Å². The van der Waals surface area contributed by atoms with Gasteiger partial charge in [-0.2, -0.15) is 0 Å². The minimum absolute atomic E-state index is 0.687. The van der Waals surface area contributed by atoms with E-state index < -0.39 is 0 Å². The molecule has 1 fully saturated rings. The summed E-state index contributed by atoms with van der Waals surface area (Å²) in [7, 11) is 3.91. The molecule has 2 N–H and O–H groups in total. The molecule has 0 amide bonds. The predicted molar refractivity (Wildman–Crippen MR) is 117 cm³/mol. The number of imidazole rings is 1. The number of fused-ring (bicyclic) bond motifs is 3. The van der Waals surface area contributed by atoms with Crippen LogP contribution in [0.1, 0.15) is 22.9 Å². The number of aromatic nitrogens is 2. The molecule has 0 aliphatic heterocycles. The van der Waals surface area contributed by atoms with E-state index in [0.717, 1.165) is 47.3 Å². The summed E-state index contributed by atoms with van der Waals surface area (Å²) in [6, 6.07) is 19.2. The van der Waals surface area contributed by atoms with Crippen molar-refractivity contribution in [3.63, 3.8) is 0 Å². The van der Waals surface area contributed by atoms with Gasteiger partial charge in [0.1, 0.15) is 5.82 Å². The van der Waals surface area contributed by atoms with Gasteiger partial charge < -0.3 is 15.2 Å². The first-order valence-corrected chi connectivity index (χ1v) is 10.3. The van der Waals surface area contributed by atoms with Crippen molar-refractivity contribution in [3.8, 4) is 11.3 Å². The molecule has 1 saturated carbocycles. The predicted octanol–water partition coefficient (Wildman–Crippen LogP) is 3.67. The maximum atomic E-state index is 4.55. The van der Waals surface area contributed by atoms with Crippen molar-refractivity contribution >= 4 is 5.96 Å². The maximum absolute atomic E-state index is 4.55. The topological polar surface area (TPSA) is 56.3 Å². The van der Waals surface area contributed by atoms with E-state index in [2.05, 4.69) is 68.6 Å². The van der Waals surface area contributed by atoms with Crippen LogP contribution in [0.4, 0.5) is 0 Å². The van der Waals surface area contributed by atoms with E-state index in [-0.39, 0.29) is 0 Å². The maximum Gasteiger partial charge on any atom is 0.193 e. The Hall–Kier alpha value is -3.08. The molecule has 3 unspecified atom stereocenters. The molecule has 29 heavy (non-hydrogen) atoms. The van der Waals surface area contributed by atoms with Crippen molar-refractivity contribution in [1.29, 1.82) is 0 Å².